The number of hydrogen-bond acceptors (Lipinski definition) is 0. The molecule has 1 unspecified atom stereocenters. The molecule has 0 amide bonds. The Balaban J connectivity index is 0. The van der Waals surface area contributed by atoms with Crippen LogP contribution in [0.4, 0.5) is 0 Å². The molecule has 1 rings (SSSR count). The van der Waals surface area contributed by atoms with Crippen molar-refractivity contribution in [1.82, 2.24) is 0 Å². The van der Waals surface area contributed by atoms with E-state index < -0.39 is 23.3 Å². The van der Waals surface area contributed by atoms with Crippen LogP contribution in [0.2, 0.25) is 39.3 Å². The van der Waals surface area contributed by atoms with Gasteiger partial charge < -0.3 is 0 Å². The summed E-state index contributed by atoms with van der Waals surface area (Å²) in [7, 11) is -0.675. The van der Waals surface area contributed by atoms with Gasteiger partial charge in [-0.1, -0.05) is 57.5 Å². The van der Waals surface area contributed by atoms with Crippen molar-refractivity contribution in [3.8, 4) is 0 Å². The SMILES string of the molecule is B[P+]([CH][Si](C)(C)C)(C[Si](C)(C)C)c1ccccc1.[Ba].[HH]. The Morgan fingerprint density at radius 2 is 1.53 bits per heavy atom. The van der Waals surface area contributed by atoms with Crippen molar-refractivity contribution in [2.45, 2.75) is 39.3 Å². The van der Waals surface area contributed by atoms with E-state index >= 15 is 0 Å². The zero-order valence-electron chi connectivity index (χ0n) is 13.8. The van der Waals surface area contributed by atoms with E-state index in [0.29, 0.717) is 0 Å². The van der Waals surface area contributed by atoms with Crippen LogP contribution in [0.1, 0.15) is 1.43 Å². The van der Waals surface area contributed by atoms with Gasteiger partial charge in [-0.2, -0.15) is 0 Å². The van der Waals surface area contributed by atoms with Crippen molar-refractivity contribution in [2.24, 2.45) is 0 Å². The zero-order chi connectivity index (χ0) is 14.0. The summed E-state index contributed by atoms with van der Waals surface area (Å²) < 4.78 is 0. The van der Waals surface area contributed by atoms with Gasteiger partial charge in [-0.05, 0) is 19.3 Å². The molecule has 0 N–H and O–H groups in total. The van der Waals surface area contributed by atoms with Crippen LogP contribution in [-0.4, -0.2) is 78.4 Å². The Morgan fingerprint density at radius 3 is 1.89 bits per heavy atom. The Hall–Kier alpha value is 1.72. The summed E-state index contributed by atoms with van der Waals surface area (Å²) >= 11 is 0. The Morgan fingerprint density at radius 1 is 1.05 bits per heavy atom. The first-order chi connectivity index (χ1) is 8.02. The largest absolute Gasteiger partial charge is 0.312 e. The first-order valence-corrected chi connectivity index (χ1v) is 16.6. The van der Waals surface area contributed by atoms with Crippen LogP contribution in [0, 0.1) is 5.79 Å². The molecule has 0 saturated carbocycles. The fraction of sp³-hybridized carbons (Fsp3) is 0.500. The molecule has 0 fully saturated rings. The molecule has 0 bridgehead atoms. The zero-order valence-corrected chi connectivity index (χ0v) is 21.2. The molecular weight excluding hydrogens is 403 g/mol. The van der Waals surface area contributed by atoms with E-state index in [1.54, 1.807) is 5.30 Å². The van der Waals surface area contributed by atoms with Gasteiger partial charge in [-0.15, -0.1) is 0 Å². The van der Waals surface area contributed by atoms with Gasteiger partial charge >= 0.3 is 7.57 Å². The van der Waals surface area contributed by atoms with E-state index in [1.165, 1.54) is 5.79 Å². The summed E-state index contributed by atoms with van der Waals surface area (Å²) in [6, 6.07) is 11.2. The molecule has 0 saturated heterocycles. The van der Waals surface area contributed by atoms with Gasteiger partial charge in [0, 0.05) is 56.1 Å². The molecule has 0 nitrogen and oxygen atoms in total. The molecule has 0 aliphatic carbocycles. The second kappa shape index (κ2) is 7.82. The summed E-state index contributed by atoms with van der Waals surface area (Å²) in [5.41, 5.74) is 0. The number of rotatable bonds is 5. The van der Waals surface area contributed by atoms with E-state index in [9.17, 15) is 0 Å². The minimum atomic E-state index is -1.13. The maximum atomic E-state index is 2.80. The maximum absolute atomic E-state index is 2.80. The molecule has 19 heavy (non-hydrogen) atoms. The minimum absolute atomic E-state index is 0. The Kier molecular flexibility index (Phi) is 8.53. The van der Waals surface area contributed by atoms with Gasteiger partial charge in [-0.3, -0.25) is 0 Å². The molecule has 103 valence electrons. The van der Waals surface area contributed by atoms with E-state index in [2.05, 4.69) is 83.0 Å². The summed E-state index contributed by atoms with van der Waals surface area (Å²) in [6.07, 6.45) is 0. The molecule has 1 atom stereocenters. The fourth-order valence-electron chi connectivity index (χ4n) is 2.82. The van der Waals surface area contributed by atoms with Crippen LogP contribution >= 0.6 is 7.14 Å². The molecule has 1 aromatic rings. The molecule has 5 heteroatoms. The molecule has 0 heterocycles. The third-order valence-corrected chi connectivity index (χ3v) is 16.1. The van der Waals surface area contributed by atoms with Gasteiger partial charge in [0.1, 0.15) is 0 Å². The van der Waals surface area contributed by atoms with E-state index in [0.717, 1.165) is 0 Å². The predicted molar refractivity (Wildman–Crippen MR) is 105 cm³/mol. The third kappa shape index (κ3) is 8.06. The smallest absolute Gasteiger partial charge is 0.0664 e. The molecule has 0 spiro atoms. The Labute approximate surface area is 165 Å². The average molecular weight is 434 g/mol. The second-order valence-corrected chi connectivity index (χ2v) is 23.0. The van der Waals surface area contributed by atoms with E-state index in [4.69, 9.17) is 0 Å². The monoisotopic (exact) mass is 434 g/mol. The standard InChI is InChI=1S/C14H28BPSi2.Ba.H2/c1-17(2,3)12-16(15,13-18(4,5)6)14-10-8-7-9-11-14;;/h7-12H,13,15H2,1-6H3;;1H/q+1;;. The van der Waals surface area contributed by atoms with Gasteiger partial charge in [-0.25, -0.2) is 0 Å². The first-order valence-electron chi connectivity index (χ1n) is 6.80. The summed E-state index contributed by atoms with van der Waals surface area (Å²) in [5.74, 6) is 4.25. The normalized spacial score (nSPS) is 12.9. The molecule has 3 radical (unpaired) electrons. The fourth-order valence-corrected chi connectivity index (χ4v) is 20.9. The Bertz CT molecular complexity index is 374. The topological polar surface area (TPSA) is 0 Å². The van der Waals surface area contributed by atoms with E-state index in [-0.39, 0.29) is 50.3 Å². The van der Waals surface area contributed by atoms with Crippen LogP contribution in [-0.2, 0) is 0 Å². The molecule has 0 aliphatic rings. The summed E-state index contributed by atoms with van der Waals surface area (Å²) in [6.45, 7) is 14.9. The first kappa shape index (κ1) is 20.7. The molecular formula is C14H30BBaPSi2+. The summed E-state index contributed by atoms with van der Waals surface area (Å²) in [5, 5.41) is 1.61. The van der Waals surface area contributed by atoms with Crippen molar-refractivity contribution < 1.29 is 1.43 Å². The van der Waals surface area contributed by atoms with E-state index in [1.807, 2.05) is 0 Å². The summed E-state index contributed by atoms with van der Waals surface area (Å²) in [4.78, 5) is 0. The number of hydrogen-bond donors (Lipinski definition) is 0. The maximum Gasteiger partial charge on any atom is 0.312 e. The van der Waals surface area contributed by atoms with Crippen molar-refractivity contribution >= 4 is 85.0 Å². The van der Waals surface area contributed by atoms with Crippen LogP contribution in [0.3, 0.4) is 0 Å². The van der Waals surface area contributed by atoms with Crippen molar-refractivity contribution in [2.75, 3.05) is 5.79 Å². The van der Waals surface area contributed by atoms with Crippen LogP contribution in [0.15, 0.2) is 30.3 Å². The van der Waals surface area contributed by atoms with Crippen molar-refractivity contribution in [1.29, 1.82) is 0 Å². The molecule has 1 aromatic carbocycles. The second-order valence-electron chi connectivity index (χ2n) is 7.82. The van der Waals surface area contributed by atoms with Crippen molar-refractivity contribution in [3.63, 3.8) is 0 Å². The predicted octanol–water partition coefficient (Wildman–Crippen LogP) is 3.66. The number of benzene rings is 1. The van der Waals surface area contributed by atoms with Gasteiger partial charge in [0.15, 0.2) is 0 Å². The van der Waals surface area contributed by atoms with Crippen LogP contribution < -0.4 is 5.30 Å². The minimum Gasteiger partial charge on any atom is -0.0664 e. The van der Waals surface area contributed by atoms with Crippen molar-refractivity contribution in [3.05, 3.63) is 36.1 Å². The van der Waals surface area contributed by atoms with Gasteiger partial charge in [0.05, 0.1) is 27.2 Å². The van der Waals surface area contributed by atoms with Gasteiger partial charge in [0.2, 0.25) is 0 Å². The van der Waals surface area contributed by atoms with Crippen LogP contribution in [0.5, 0.6) is 0 Å². The van der Waals surface area contributed by atoms with Crippen LogP contribution in [0.25, 0.3) is 0 Å². The quantitative estimate of drug-likeness (QED) is 0.491. The average Bonchev–Trinajstić information content (AvgIpc) is 2.13. The molecule has 0 aliphatic heterocycles. The third-order valence-electron chi connectivity index (χ3n) is 2.82. The molecule has 0 aromatic heterocycles. The van der Waals surface area contributed by atoms with Gasteiger partial charge in [0.25, 0.3) is 0 Å².